The lowest BCUT2D eigenvalue weighted by Crippen LogP contribution is -2.47. The first-order valence-corrected chi connectivity index (χ1v) is 8.67. The smallest absolute Gasteiger partial charge is 0.337 e. The van der Waals surface area contributed by atoms with Crippen LogP contribution in [0.3, 0.4) is 0 Å². The zero-order valence-corrected chi connectivity index (χ0v) is 12.2. The maximum absolute atomic E-state index is 13.0. The number of carbonyl (C=O) groups excluding carboxylic acids is 1. The molecule has 0 bridgehead atoms. The molecule has 2 aliphatic rings. The van der Waals surface area contributed by atoms with Gasteiger partial charge in [0.2, 0.25) is 5.91 Å². The summed E-state index contributed by atoms with van der Waals surface area (Å²) in [5.41, 5.74) is -0.216. The van der Waals surface area contributed by atoms with E-state index in [0.29, 0.717) is 13.0 Å². The molecule has 114 valence electrons. The van der Waals surface area contributed by atoms with Gasteiger partial charge in [0.05, 0.1) is 0 Å². The molecule has 2 saturated heterocycles. The summed E-state index contributed by atoms with van der Waals surface area (Å²) in [4.78, 5) is 32.4. The van der Waals surface area contributed by atoms with Crippen molar-refractivity contribution in [2.75, 3.05) is 6.54 Å². The number of fused-ring (bicyclic) bond motifs is 1. The topological polar surface area (TPSA) is 77.8 Å². The minimum atomic E-state index is -4.39. The largest absolute Gasteiger partial charge is 0.338 e. The van der Waals surface area contributed by atoms with Crippen molar-refractivity contribution in [2.45, 2.75) is 36.9 Å². The number of piperidine rings is 1. The number of hydrogen-bond donors (Lipinski definition) is 2. The summed E-state index contributed by atoms with van der Waals surface area (Å²) in [6, 6.07) is 6.22. The molecule has 0 spiro atoms. The van der Waals surface area contributed by atoms with E-state index in [2.05, 4.69) is 0 Å². The van der Waals surface area contributed by atoms with Gasteiger partial charge in [-0.25, -0.2) is 4.39 Å². The lowest BCUT2D eigenvalue weighted by molar-refractivity contribution is -0.134. The van der Waals surface area contributed by atoms with Gasteiger partial charge in [-0.15, -0.1) is 0 Å². The number of rotatable bonds is 2. The Balaban J connectivity index is 1.82. The highest BCUT2D eigenvalue weighted by atomic mass is 31.2. The molecule has 2 N–H and O–H groups in total. The standard InChI is InChI=1S/C14H17FNO4P/c15-10-3-1-9(2-4-10)11-7-8-16-12(11)5-6-13(14(16)17)21(18,19)20/h1-4,11-13H,5-8H2,(H2,18,19,20)/t11-,12-,13-/m0/s1. The first-order valence-electron chi connectivity index (χ1n) is 6.99. The molecular formula is C14H17FNO4P. The second kappa shape index (κ2) is 5.20. The van der Waals surface area contributed by atoms with Crippen molar-refractivity contribution < 1.29 is 23.5 Å². The average molecular weight is 313 g/mol. The normalized spacial score (nSPS) is 29.6. The summed E-state index contributed by atoms with van der Waals surface area (Å²) in [7, 11) is -4.39. The molecule has 1 aromatic rings. The highest BCUT2D eigenvalue weighted by Crippen LogP contribution is 2.50. The molecule has 1 amide bonds. The Hall–Kier alpha value is -1.23. The third-order valence-electron chi connectivity index (χ3n) is 4.55. The molecule has 0 unspecified atom stereocenters. The fourth-order valence-electron chi connectivity index (χ4n) is 3.54. The van der Waals surface area contributed by atoms with Crippen molar-refractivity contribution in [3.63, 3.8) is 0 Å². The molecule has 2 aliphatic heterocycles. The second-order valence-corrected chi connectivity index (χ2v) is 7.53. The van der Waals surface area contributed by atoms with Gasteiger partial charge in [-0.3, -0.25) is 9.36 Å². The predicted molar refractivity (Wildman–Crippen MR) is 74.3 cm³/mol. The van der Waals surface area contributed by atoms with Crippen molar-refractivity contribution in [1.29, 1.82) is 0 Å². The van der Waals surface area contributed by atoms with Gasteiger partial charge in [-0.1, -0.05) is 12.1 Å². The van der Waals surface area contributed by atoms with Gasteiger partial charge in [0, 0.05) is 18.5 Å². The van der Waals surface area contributed by atoms with Crippen LogP contribution >= 0.6 is 7.60 Å². The van der Waals surface area contributed by atoms with Gasteiger partial charge in [0.1, 0.15) is 11.5 Å². The van der Waals surface area contributed by atoms with Gasteiger partial charge >= 0.3 is 7.60 Å². The summed E-state index contributed by atoms with van der Waals surface area (Å²) in [6.07, 6.45) is 1.53. The van der Waals surface area contributed by atoms with Crippen LogP contribution < -0.4 is 0 Å². The molecule has 0 saturated carbocycles. The highest BCUT2D eigenvalue weighted by molar-refractivity contribution is 7.53. The van der Waals surface area contributed by atoms with Gasteiger partial charge in [-0.2, -0.15) is 0 Å². The molecule has 3 atom stereocenters. The molecule has 0 radical (unpaired) electrons. The van der Waals surface area contributed by atoms with Crippen molar-refractivity contribution in [3.05, 3.63) is 35.6 Å². The first kappa shape index (κ1) is 14.7. The Labute approximate surface area is 121 Å². The second-order valence-electron chi connectivity index (χ2n) is 5.73. The number of benzene rings is 1. The van der Waals surface area contributed by atoms with Crippen LogP contribution in [-0.2, 0) is 9.36 Å². The SMILES string of the molecule is O=C1[C@@H](P(=O)(O)O)CC[C@H]2[C@H](c3ccc(F)cc3)CCN12. The molecule has 1 aromatic carbocycles. The van der Waals surface area contributed by atoms with E-state index in [-0.39, 0.29) is 24.2 Å². The summed E-state index contributed by atoms with van der Waals surface area (Å²) in [5, 5.41) is 0. The van der Waals surface area contributed by atoms with Crippen molar-refractivity contribution in [1.82, 2.24) is 4.90 Å². The van der Waals surface area contributed by atoms with E-state index in [1.807, 2.05) is 0 Å². The zero-order valence-electron chi connectivity index (χ0n) is 11.4. The summed E-state index contributed by atoms with van der Waals surface area (Å²) < 4.78 is 24.4. The van der Waals surface area contributed by atoms with E-state index in [0.717, 1.165) is 12.0 Å². The predicted octanol–water partition coefficient (Wildman–Crippen LogP) is 1.85. The molecule has 5 nitrogen and oxygen atoms in total. The van der Waals surface area contributed by atoms with Crippen LogP contribution in [0.5, 0.6) is 0 Å². The van der Waals surface area contributed by atoms with Crippen LogP contribution in [0.2, 0.25) is 0 Å². The van der Waals surface area contributed by atoms with Crippen LogP contribution in [-0.4, -0.2) is 38.8 Å². The third-order valence-corrected chi connectivity index (χ3v) is 5.85. The van der Waals surface area contributed by atoms with E-state index in [1.54, 1.807) is 17.0 Å². The number of nitrogens with zero attached hydrogens (tertiary/aromatic N) is 1. The Morgan fingerprint density at radius 3 is 2.43 bits per heavy atom. The average Bonchev–Trinajstić information content (AvgIpc) is 2.83. The Morgan fingerprint density at radius 2 is 1.81 bits per heavy atom. The summed E-state index contributed by atoms with van der Waals surface area (Å²) >= 11 is 0. The van der Waals surface area contributed by atoms with Crippen LogP contribution in [0.1, 0.15) is 30.7 Å². The van der Waals surface area contributed by atoms with Crippen LogP contribution in [0.25, 0.3) is 0 Å². The first-order chi connectivity index (χ1) is 9.88. The minimum Gasteiger partial charge on any atom is -0.338 e. The monoisotopic (exact) mass is 313 g/mol. The van der Waals surface area contributed by atoms with E-state index in [9.17, 15) is 23.5 Å². The van der Waals surface area contributed by atoms with Gasteiger partial charge in [0.25, 0.3) is 0 Å². The molecule has 2 fully saturated rings. The maximum Gasteiger partial charge on any atom is 0.337 e. The van der Waals surface area contributed by atoms with Gasteiger partial charge < -0.3 is 14.7 Å². The molecular weight excluding hydrogens is 296 g/mol. The van der Waals surface area contributed by atoms with Crippen molar-refractivity contribution >= 4 is 13.5 Å². The van der Waals surface area contributed by atoms with Crippen LogP contribution in [0, 0.1) is 5.82 Å². The lowest BCUT2D eigenvalue weighted by atomic mass is 9.87. The number of carbonyl (C=O) groups is 1. The fourth-order valence-corrected chi connectivity index (χ4v) is 4.46. The summed E-state index contributed by atoms with van der Waals surface area (Å²) in [6.45, 7) is 0.502. The van der Waals surface area contributed by atoms with E-state index in [1.165, 1.54) is 12.1 Å². The molecule has 2 heterocycles. The molecule has 0 aliphatic carbocycles. The number of amides is 1. The Morgan fingerprint density at radius 1 is 1.14 bits per heavy atom. The lowest BCUT2D eigenvalue weighted by Gasteiger charge is -2.36. The van der Waals surface area contributed by atoms with E-state index < -0.39 is 19.2 Å². The van der Waals surface area contributed by atoms with Crippen molar-refractivity contribution in [3.8, 4) is 0 Å². The number of halogens is 1. The quantitative estimate of drug-likeness (QED) is 0.817. The van der Waals surface area contributed by atoms with E-state index in [4.69, 9.17) is 0 Å². The fraction of sp³-hybridized carbons (Fsp3) is 0.500. The van der Waals surface area contributed by atoms with Gasteiger partial charge in [0.15, 0.2) is 0 Å². The molecule has 21 heavy (non-hydrogen) atoms. The number of hydrogen-bond acceptors (Lipinski definition) is 2. The summed E-state index contributed by atoms with van der Waals surface area (Å²) in [5.74, 6) is -0.619. The van der Waals surface area contributed by atoms with Gasteiger partial charge in [-0.05, 0) is 37.0 Å². The Kier molecular flexibility index (Phi) is 3.64. The molecule has 0 aromatic heterocycles. The van der Waals surface area contributed by atoms with E-state index >= 15 is 0 Å². The Bertz CT molecular complexity index is 599. The minimum absolute atomic E-state index is 0.0363. The third kappa shape index (κ3) is 2.63. The highest BCUT2D eigenvalue weighted by Gasteiger charge is 2.48. The molecule has 7 heteroatoms. The maximum atomic E-state index is 13.0. The van der Waals surface area contributed by atoms with Crippen LogP contribution in [0.15, 0.2) is 24.3 Å². The zero-order chi connectivity index (χ0) is 15.2. The van der Waals surface area contributed by atoms with Crippen molar-refractivity contribution in [2.24, 2.45) is 0 Å². The van der Waals surface area contributed by atoms with Crippen LogP contribution in [0.4, 0.5) is 4.39 Å². The molecule has 3 rings (SSSR count).